The van der Waals surface area contributed by atoms with Crippen molar-refractivity contribution in [3.8, 4) is 10.6 Å². The van der Waals surface area contributed by atoms with Gasteiger partial charge in [0.1, 0.15) is 5.01 Å². The highest BCUT2D eigenvalue weighted by Crippen LogP contribution is 2.48. The Balaban J connectivity index is 1.93. The van der Waals surface area contributed by atoms with Crippen LogP contribution in [-0.2, 0) is 5.41 Å². The standard InChI is InChI=1S/C15H18N2S/c1-11-5-3-4-6-12(11)14-17-13(9-18-14)15(7-8-15)10-16-2/h3-6,9,16H,7-8,10H2,1-2H3. The molecule has 3 rings (SSSR count). The van der Waals surface area contributed by atoms with Gasteiger partial charge in [0.15, 0.2) is 0 Å². The summed E-state index contributed by atoms with van der Waals surface area (Å²) < 4.78 is 0. The smallest absolute Gasteiger partial charge is 0.123 e. The van der Waals surface area contributed by atoms with Crippen molar-refractivity contribution in [3.63, 3.8) is 0 Å². The molecule has 0 aliphatic heterocycles. The molecule has 0 atom stereocenters. The summed E-state index contributed by atoms with van der Waals surface area (Å²) in [5, 5.41) is 6.69. The number of rotatable bonds is 4. The van der Waals surface area contributed by atoms with E-state index >= 15 is 0 Å². The maximum atomic E-state index is 4.87. The van der Waals surface area contributed by atoms with Crippen LogP contribution in [0.15, 0.2) is 29.6 Å². The first-order valence-corrected chi connectivity index (χ1v) is 7.30. The van der Waals surface area contributed by atoms with E-state index in [0.29, 0.717) is 5.41 Å². The Morgan fingerprint density at radius 3 is 2.78 bits per heavy atom. The monoisotopic (exact) mass is 258 g/mol. The topological polar surface area (TPSA) is 24.9 Å². The molecule has 0 radical (unpaired) electrons. The summed E-state index contributed by atoms with van der Waals surface area (Å²) in [7, 11) is 2.02. The lowest BCUT2D eigenvalue weighted by molar-refractivity contribution is 0.611. The Morgan fingerprint density at radius 1 is 1.33 bits per heavy atom. The van der Waals surface area contributed by atoms with Crippen molar-refractivity contribution in [1.29, 1.82) is 0 Å². The van der Waals surface area contributed by atoms with E-state index < -0.39 is 0 Å². The van der Waals surface area contributed by atoms with E-state index in [2.05, 4.69) is 41.9 Å². The summed E-state index contributed by atoms with van der Waals surface area (Å²) in [4.78, 5) is 4.87. The number of aryl methyl sites for hydroxylation is 1. The van der Waals surface area contributed by atoms with Crippen molar-refractivity contribution in [2.75, 3.05) is 13.6 Å². The number of hydrogen-bond donors (Lipinski definition) is 1. The molecule has 0 bridgehead atoms. The number of aromatic nitrogens is 1. The molecule has 1 N–H and O–H groups in total. The van der Waals surface area contributed by atoms with Crippen molar-refractivity contribution in [3.05, 3.63) is 40.9 Å². The Labute approximate surface area is 112 Å². The van der Waals surface area contributed by atoms with E-state index in [9.17, 15) is 0 Å². The summed E-state index contributed by atoms with van der Waals surface area (Å²) in [6.45, 7) is 3.20. The average Bonchev–Trinajstić information content (AvgIpc) is 2.99. The summed E-state index contributed by atoms with van der Waals surface area (Å²) >= 11 is 1.77. The van der Waals surface area contributed by atoms with Crippen molar-refractivity contribution in [2.45, 2.75) is 25.2 Å². The molecule has 0 saturated heterocycles. The molecule has 1 saturated carbocycles. The van der Waals surface area contributed by atoms with Crippen LogP contribution >= 0.6 is 11.3 Å². The number of hydrogen-bond acceptors (Lipinski definition) is 3. The summed E-state index contributed by atoms with van der Waals surface area (Å²) in [5.41, 5.74) is 4.18. The van der Waals surface area contributed by atoms with Gasteiger partial charge in [-0.1, -0.05) is 24.3 Å². The number of likely N-dealkylation sites (N-methyl/N-ethyl adjacent to an activating group) is 1. The van der Waals surface area contributed by atoms with Gasteiger partial charge in [0.25, 0.3) is 0 Å². The fraction of sp³-hybridized carbons (Fsp3) is 0.400. The Morgan fingerprint density at radius 2 is 2.11 bits per heavy atom. The SMILES string of the molecule is CNCC1(c2csc(-c3ccccc3C)n2)CC1. The van der Waals surface area contributed by atoms with Crippen LogP contribution in [0.2, 0.25) is 0 Å². The van der Waals surface area contributed by atoms with Gasteiger partial charge in [-0.25, -0.2) is 4.98 Å². The van der Waals surface area contributed by atoms with Gasteiger partial charge in [0, 0.05) is 22.9 Å². The summed E-state index contributed by atoms with van der Waals surface area (Å²) in [6, 6.07) is 8.48. The van der Waals surface area contributed by atoms with Crippen LogP contribution in [0.5, 0.6) is 0 Å². The van der Waals surface area contributed by atoms with Crippen LogP contribution < -0.4 is 5.32 Å². The van der Waals surface area contributed by atoms with Crippen LogP contribution in [0.1, 0.15) is 24.1 Å². The fourth-order valence-electron chi connectivity index (χ4n) is 2.47. The van der Waals surface area contributed by atoms with Gasteiger partial charge < -0.3 is 5.32 Å². The normalized spacial score (nSPS) is 16.8. The van der Waals surface area contributed by atoms with Crippen molar-refractivity contribution >= 4 is 11.3 Å². The number of benzene rings is 1. The molecule has 18 heavy (non-hydrogen) atoms. The molecule has 1 aliphatic rings. The molecule has 3 heteroatoms. The predicted molar refractivity (Wildman–Crippen MR) is 77.1 cm³/mol. The molecule has 0 spiro atoms. The molecular formula is C15H18N2S. The third-order valence-corrected chi connectivity index (χ3v) is 4.67. The first kappa shape index (κ1) is 11.9. The zero-order chi connectivity index (χ0) is 12.6. The van der Waals surface area contributed by atoms with Gasteiger partial charge in [-0.05, 0) is 32.4 Å². The zero-order valence-corrected chi connectivity index (χ0v) is 11.7. The van der Waals surface area contributed by atoms with Crippen LogP contribution in [0, 0.1) is 6.92 Å². The van der Waals surface area contributed by atoms with Gasteiger partial charge in [-0.15, -0.1) is 11.3 Å². The van der Waals surface area contributed by atoms with E-state index in [1.54, 1.807) is 11.3 Å². The molecule has 1 aliphatic carbocycles. The maximum Gasteiger partial charge on any atom is 0.123 e. The van der Waals surface area contributed by atoms with Gasteiger partial charge in [0.05, 0.1) is 5.69 Å². The molecule has 2 nitrogen and oxygen atoms in total. The third kappa shape index (κ3) is 1.98. The second kappa shape index (κ2) is 4.48. The molecule has 1 heterocycles. The highest BCUT2D eigenvalue weighted by atomic mass is 32.1. The lowest BCUT2D eigenvalue weighted by Gasteiger charge is -2.10. The molecule has 0 amide bonds. The maximum absolute atomic E-state index is 4.87. The van der Waals surface area contributed by atoms with Crippen LogP contribution in [0.3, 0.4) is 0 Å². The average molecular weight is 258 g/mol. The third-order valence-electron chi connectivity index (χ3n) is 3.79. The van der Waals surface area contributed by atoms with Crippen LogP contribution in [-0.4, -0.2) is 18.6 Å². The zero-order valence-electron chi connectivity index (χ0n) is 10.9. The lowest BCUT2D eigenvalue weighted by Crippen LogP contribution is -2.23. The summed E-state index contributed by atoms with van der Waals surface area (Å²) in [5.74, 6) is 0. The van der Waals surface area contributed by atoms with Gasteiger partial charge in [-0.3, -0.25) is 0 Å². The van der Waals surface area contributed by atoms with Crippen LogP contribution in [0.4, 0.5) is 0 Å². The Hall–Kier alpha value is -1.19. The van der Waals surface area contributed by atoms with E-state index in [0.717, 1.165) is 11.6 Å². The van der Waals surface area contributed by atoms with E-state index in [4.69, 9.17) is 4.98 Å². The largest absolute Gasteiger partial charge is 0.319 e. The van der Waals surface area contributed by atoms with Gasteiger partial charge in [0.2, 0.25) is 0 Å². The number of nitrogens with zero attached hydrogens (tertiary/aromatic N) is 1. The molecule has 0 unspecified atom stereocenters. The Kier molecular flexibility index (Phi) is 2.96. The highest BCUT2D eigenvalue weighted by Gasteiger charge is 2.45. The van der Waals surface area contributed by atoms with E-state index in [-0.39, 0.29) is 0 Å². The molecule has 94 valence electrons. The second-order valence-electron chi connectivity index (χ2n) is 5.16. The fourth-order valence-corrected chi connectivity index (χ4v) is 3.50. The predicted octanol–water partition coefficient (Wildman–Crippen LogP) is 3.37. The molecule has 1 fully saturated rings. The van der Waals surface area contributed by atoms with Crippen molar-refractivity contribution in [2.24, 2.45) is 0 Å². The molecule has 1 aromatic heterocycles. The van der Waals surface area contributed by atoms with Gasteiger partial charge >= 0.3 is 0 Å². The minimum absolute atomic E-state index is 0.326. The Bertz CT molecular complexity index is 555. The second-order valence-corrected chi connectivity index (χ2v) is 6.02. The van der Waals surface area contributed by atoms with E-state index in [1.807, 2.05) is 7.05 Å². The molecule has 1 aromatic carbocycles. The number of thiazole rings is 1. The lowest BCUT2D eigenvalue weighted by atomic mass is 10.0. The molecule has 2 aromatic rings. The quantitative estimate of drug-likeness (QED) is 0.909. The minimum Gasteiger partial charge on any atom is -0.319 e. The van der Waals surface area contributed by atoms with Crippen LogP contribution in [0.25, 0.3) is 10.6 Å². The van der Waals surface area contributed by atoms with E-state index in [1.165, 1.54) is 29.7 Å². The highest BCUT2D eigenvalue weighted by molar-refractivity contribution is 7.13. The minimum atomic E-state index is 0.326. The number of nitrogens with one attached hydrogen (secondary N) is 1. The first-order valence-electron chi connectivity index (χ1n) is 6.42. The summed E-state index contributed by atoms with van der Waals surface area (Å²) in [6.07, 6.45) is 2.54. The molecular weight excluding hydrogens is 240 g/mol. The van der Waals surface area contributed by atoms with Crippen molar-refractivity contribution < 1.29 is 0 Å². The first-order chi connectivity index (χ1) is 8.75. The van der Waals surface area contributed by atoms with Crippen molar-refractivity contribution in [1.82, 2.24) is 10.3 Å². The van der Waals surface area contributed by atoms with Gasteiger partial charge in [-0.2, -0.15) is 0 Å².